The first-order chi connectivity index (χ1) is 7.61. The number of nitrogens with one attached hydrogen (secondary N) is 2. The van der Waals surface area contributed by atoms with Gasteiger partial charge in [-0.3, -0.25) is 0 Å². The predicted octanol–water partition coefficient (Wildman–Crippen LogP) is 3.50. The van der Waals surface area contributed by atoms with Gasteiger partial charge in [0.15, 0.2) is 0 Å². The summed E-state index contributed by atoms with van der Waals surface area (Å²) in [6, 6.07) is 1.71. The number of rotatable bonds is 4. The molecule has 0 aromatic carbocycles. The van der Waals surface area contributed by atoms with Gasteiger partial charge >= 0.3 is 0 Å². The fraction of sp³-hybridized carbons (Fsp3) is 0.545. The van der Waals surface area contributed by atoms with Gasteiger partial charge in [0.25, 0.3) is 0 Å². The molecule has 5 heteroatoms. The molecule has 1 aromatic rings. The lowest BCUT2D eigenvalue weighted by Crippen LogP contribution is -2.07. The molecule has 2 N–H and O–H groups in total. The van der Waals surface area contributed by atoms with Crippen LogP contribution in [0.3, 0.4) is 0 Å². The zero-order chi connectivity index (χ0) is 11.7. The van der Waals surface area contributed by atoms with E-state index in [1.54, 1.807) is 13.1 Å². The molecule has 1 aliphatic carbocycles. The summed E-state index contributed by atoms with van der Waals surface area (Å²) in [5.74, 6) is 2.93. The van der Waals surface area contributed by atoms with Gasteiger partial charge in [-0.25, -0.2) is 4.98 Å². The maximum absolute atomic E-state index is 6.06. The van der Waals surface area contributed by atoms with Gasteiger partial charge in [-0.15, -0.1) is 0 Å². The monoisotopic (exact) mass is 259 g/mol. The lowest BCUT2D eigenvalue weighted by atomic mass is 10.3. The highest BCUT2D eigenvalue weighted by molar-refractivity contribution is 6.37. The van der Waals surface area contributed by atoms with E-state index in [1.165, 1.54) is 6.42 Å². The summed E-state index contributed by atoms with van der Waals surface area (Å²) in [5, 5.41) is 7.31. The van der Waals surface area contributed by atoms with Gasteiger partial charge in [0, 0.05) is 13.6 Å². The van der Waals surface area contributed by atoms with Gasteiger partial charge in [-0.05, 0) is 24.3 Å². The van der Waals surface area contributed by atoms with Crippen LogP contribution in [0.4, 0.5) is 11.6 Å². The number of halogens is 2. The molecule has 0 spiro atoms. The molecule has 88 valence electrons. The molecule has 0 saturated heterocycles. The molecule has 2 rings (SSSR count). The summed E-state index contributed by atoms with van der Waals surface area (Å²) in [6.45, 7) is 3.18. The van der Waals surface area contributed by atoms with Crippen LogP contribution in [0.1, 0.15) is 13.3 Å². The number of pyridine rings is 1. The molecule has 0 aliphatic heterocycles. The number of hydrogen-bond donors (Lipinski definition) is 2. The summed E-state index contributed by atoms with van der Waals surface area (Å²) in [5.41, 5.74) is 0. The summed E-state index contributed by atoms with van der Waals surface area (Å²) >= 11 is 12.0. The molecule has 0 amide bonds. The van der Waals surface area contributed by atoms with E-state index < -0.39 is 0 Å². The van der Waals surface area contributed by atoms with Crippen LogP contribution in [0.15, 0.2) is 6.07 Å². The van der Waals surface area contributed by atoms with Crippen molar-refractivity contribution in [2.24, 2.45) is 11.8 Å². The highest BCUT2D eigenvalue weighted by atomic mass is 35.5. The van der Waals surface area contributed by atoms with Crippen molar-refractivity contribution < 1.29 is 0 Å². The van der Waals surface area contributed by atoms with Gasteiger partial charge in [0.2, 0.25) is 0 Å². The summed E-state index contributed by atoms with van der Waals surface area (Å²) < 4.78 is 0. The third-order valence-corrected chi connectivity index (χ3v) is 3.55. The Hall–Kier alpha value is -0.670. The normalized spacial score (nSPS) is 23.0. The van der Waals surface area contributed by atoms with Crippen LogP contribution in [0.25, 0.3) is 0 Å². The molecular weight excluding hydrogens is 245 g/mol. The summed E-state index contributed by atoms with van der Waals surface area (Å²) in [4.78, 5) is 4.33. The molecule has 1 saturated carbocycles. The maximum Gasteiger partial charge on any atom is 0.147 e. The predicted molar refractivity (Wildman–Crippen MR) is 69.6 cm³/mol. The number of hydrogen-bond acceptors (Lipinski definition) is 3. The van der Waals surface area contributed by atoms with E-state index >= 15 is 0 Å². The molecule has 16 heavy (non-hydrogen) atoms. The first kappa shape index (κ1) is 11.8. The molecule has 2 atom stereocenters. The summed E-state index contributed by atoms with van der Waals surface area (Å²) in [6.07, 6.45) is 1.29. The van der Waals surface area contributed by atoms with Crippen LogP contribution >= 0.6 is 23.2 Å². The Kier molecular flexibility index (Phi) is 3.45. The van der Waals surface area contributed by atoms with Crippen molar-refractivity contribution in [3.8, 4) is 0 Å². The van der Waals surface area contributed by atoms with Gasteiger partial charge < -0.3 is 10.6 Å². The number of nitrogens with zero attached hydrogens (tertiary/aromatic N) is 1. The third kappa shape index (κ3) is 2.53. The quantitative estimate of drug-likeness (QED) is 0.869. The average Bonchev–Trinajstić information content (AvgIpc) is 2.93. The lowest BCUT2D eigenvalue weighted by molar-refractivity contribution is 0.784. The van der Waals surface area contributed by atoms with E-state index in [2.05, 4.69) is 22.5 Å². The van der Waals surface area contributed by atoms with Crippen LogP contribution < -0.4 is 10.6 Å². The minimum absolute atomic E-state index is 0.540. The SMILES string of the molecule is CNc1nc(NCC2CC2C)c(Cl)cc1Cl. The Morgan fingerprint density at radius 3 is 2.56 bits per heavy atom. The molecule has 1 aromatic heterocycles. The van der Waals surface area contributed by atoms with E-state index in [9.17, 15) is 0 Å². The van der Waals surface area contributed by atoms with Crippen LogP contribution in [-0.2, 0) is 0 Å². The van der Waals surface area contributed by atoms with Gasteiger partial charge in [0.05, 0.1) is 10.0 Å². The van der Waals surface area contributed by atoms with Crippen molar-refractivity contribution >= 4 is 34.8 Å². The van der Waals surface area contributed by atoms with Crippen LogP contribution in [0.5, 0.6) is 0 Å². The molecular formula is C11H15Cl2N3. The van der Waals surface area contributed by atoms with Gasteiger partial charge in [-0.1, -0.05) is 30.1 Å². The standard InChI is InChI=1S/C11H15Cl2N3/c1-6-3-7(6)5-15-11-9(13)4-8(12)10(14-2)16-11/h4,6-7H,3,5H2,1-2H3,(H2,14,15,16). The van der Waals surface area contributed by atoms with E-state index in [-0.39, 0.29) is 0 Å². The first-order valence-corrected chi connectivity index (χ1v) is 6.15. The topological polar surface area (TPSA) is 37.0 Å². The van der Waals surface area contributed by atoms with E-state index in [1.807, 2.05) is 0 Å². The molecule has 0 radical (unpaired) electrons. The zero-order valence-corrected chi connectivity index (χ0v) is 10.9. The molecule has 0 bridgehead atoms. The minimum Gasteiger partial charge on any atom is -0.372 e. The average molecular weight is 260 g/mol. The largest absolute Gasteiger partial charge is 0.372 e. The Bertz CT molecular complexity index is 395. The Labute approximate surface area is 106 Å². The van der Waals surface area contributed by atoms with Gasteiger partial charge in [-0.2, -0.15) is 0 Å². The van der Waals surface area contributed by atoms with Crippen LogP contribution in [0.2, 0.25) is 10.0 Å². The fourth-order valence-corrected chi connectivity index (χ4v) is 2.20. The second-order valence-electron chi connectivity index (χ2n) is 4.25. The van der Waals surface area contributed by atoms with Crippen LogP contribution in [-0.4, -0.2) is 18.6 Å². The van der Waals surface area contributed by atoms with Crippen molar-refractivity contribution in [2.45, 2.75) is 13.3 Å². The van der Waals surface area contributed by atoms with Crippen molar-refractivity contribution in [1.29, 1.82) is 0 Å². The molecule has 1 fully saturated rings. The summed E-state index contributed by atoms with van der Waals surface area (Å²) in [7, 11) is 1.79. The molecule has 2 unspecified atom stereocenters. The fourth-order valence-electron chi connectivity index (χ4n) is 1.68. The second kappa shape index (κ2) is 4.68. The van der Waals surface area contributed by atoms with E-state index in [0.717, 1.165) is 18.4 Å². The van der Waals surface area contributed by atoms with E-state index in [4.69, 9.17) is 23.2 Å². The van der Waals surface area contributed by atoms with Gasteiger partial charge in [0.1, 0.15) is 11.6 Å². The Morgan fingerprint density at radius 1 is 1.38 bits per heavy atom. The van der Waals surface area contributed by atoms with Crippen molar-refractivity contribution in [3.05, 3.63) is 16.1 Å². The third-order valence-electron chi connectivity index (χ3n) is 2.97. The first-order valence-electron chi connectivity index (χ1n) is 5.39. The van der Waals surface area contributed by atoms with Crippen LogP contribution in [0, 0.1) is 11.8 Å². The van der Waals surface area contributed by atoms with Crippen molar-refractivity contribution in [1.82, 2.24) is 4.98 Å². The maximum atomic E-state index is 6.06. The smallest absolute Gasteiger partial charge is 0.147 e. The molecule has 1 heterocycles. The lowest BCUT2D eigenvalue weighted by Gasteiger charge is -2.10. The molecule has 1 aliphatic rings. The highest BCUT2D eigenvalue weighted by Gasteiger charge is 2.32. The Balaban J connectivity index is 2.07. The second-order valence-corrected chi connectivity index (χ2v) is 5.07. The molecule has 3 nitrogen and oxygen atoms in total. The van der Waals surface area contributed by atoms with Crippen molar-refractivity contribution in [3.63, 3.8) is 0 Å². The zero-order valence-electron chi connectivity index (χ0n) is 9.35. The van der Waals surface area contributed by atoms with E-state index in [0.29, 0.717) is 21.7 Å². The van der Waals surface area contributed by atoms with Crippen molar-refractivity contribution in [2.75, 3.05) is 24.2 Å². The number of anilines is 2. The minimum atomic E-state index is 0.540. The highest BCUT2D eigenvalue weighted by Crippen LogP contribution is 2.38. The Morgan fingerprint density at radius 2 is 2.00 bits per heavy atom. The number of aromatic nitrogens is 1.